The molecule has 0 aromatic carbocycles. The highest BCUT2D eigenvalue weighted by Gasteiger charge is 2.33. The quantitative estimate of drug-likeness (QED) is 0.693. The van der Waals surface area contributed by atoms with Crippen LogP contribution in [0.5, 0.6) is 0 Å². The Morgan fingerprint density at radius 2 is 2.10 bits per heavy atom. The lowest BCUT2D eigenvalue weighted by Gasteiger charge is -2.38. The number of nitrogens with two attached hydrogens (primary N) is 1. The minimum Gasteiger partial charge on any atom is -0.383 e. The van der Waals surface area contributed by atoms with Gasteiger partial charge in [-0.1, -0.05) is 6.92 Å². The Labute approximate surface area is 133 Å². The minimum atomic E-state index is -0.187. The lowest BCUT2D eigenvalue weighted by Crippen LogP contribution is -2.51. The molecule has 0 aromatic rings. The van der Waals surface area contributed by atoms with Crippen molar-refractivity contribution in [3.05, 3.63) is 0 Å². The van der Waals surface area contributed by atoms with Crippen LogP contribution in [-0.4, -0.2) is 56.1 Å². The molecule has 1 saturated heterocycles. The van der Waals surface area contributed by atoms with E-state index in [4.69, 9.17) is 10.5 Å². The van der Waals surface area contributed by atoms with E-state index in [-0.39, 0.29) is 42.1 Å². The standard InChI is InChI=1S/C14H27N3O3.ClH/c1-10(8-15)14(19)17-9-12(5-4-11(17)2)13(18)16-6-7-20-3;/h10-12H,4-9,15H2,1-3H3,(H,16,18);1H. The Morgan fingerprint density at radius 1 is 1.43 bits per heavy atom. The molecule has 0 aromatic heterocycles. The second-order valence-electron chi connectivity index (χ2n) is 5.53. The molecule has 1 heterocycles. The molecular formula is C14H28ClN3O3. The molecule has 1 fully saturated rings. The van der Waals surface area contributed by atoms with Crippen molar-refractivity contribution >= 4 is 24.2 Å². The first-order valence-electron chi connectivity index (χ1n) is 7.28. The monoisotopic (exact) mass is 321 g/mol. The van der Waals surface area contributed by atoms with Gasteiger partial charge in [0, 0.05) is 38.7 Å². The molecule has 1 aliphatic rings. The number of carbonyl (C=O) groups excluding carboxylic acids is 2. The predicted molar refractivity (Wildman–Crippen MR) is 84.3 cm³/mol. The summed E-state index contributed by atoms with van der Waals surface area (Å²) in [7, 11) is 1.60. The molecule has 0 spiro atoms. The zero-order valence-electron chi connectivity index (χ0n) is 13.1. The Hall–Kier alpha value is -0.850. The van der Waals surface area contributed by atoms with E-state index >= 15 is 0 Å². The smallest absolute Gasteiger partial charge is 0.226 e. The third-order valence-corrected chi connectivity index (χ3v) is 3.92. The molecule has 0 aliphatic carbocycles. The van der Waals surface area contributed by atoms with Crippen molar-refractivity contribution in [2.75, 3.05) is 33.4 Å². The highest BCUT2D eigenvalue weighted by molar-refractivity contribution is 5.85. The van der Waals surface area contributed by atoms with Crippen molar-refractivity contribution in [2.45, 2.75) is 32.7 Å². The number of piperidine rings is 1. The van der Waals surface area contributed by atoms with E-state index in [1.54, 1.807) is 7.11 Å². The molecule has 2 amide bonds. The van der Waals surface area contributed by atoms with Gasteiger partial charge in [-0.15, -0.1) is 12.4 Å². The van der Waals surface area contributed by atoms with Crippen LogP contribution in [0.3, 0.4) is 0 Å². The molecule has 3 unspecified atom stereocenters. The highest BCUT2D eigenvalue weighted by Crippen LogP contribution is 2.23. The number of nitrogens with zero attached hydrogens (tertiary/aromatic N) is 1. The number of hydrogen-bond acceptors (Lipinski definition) is 4. The topological polar surface area (TPSA) is 84.7 Å². The van der Waals surface area contributed by atoms with Gasteiger partial charge in [0.05, 0.1) is 12.5 Å². The Kier molecular flexibility index (Phi) is 9.57. The van der Waals surface area contributed by atoms with Gasteiger partial charge in [-0.25, -0.2) is 0 Å². The lowest BCUT2D eigenvalue weighted by molar-refractivity contribution is -0.141. The van der Waals surface area contributed by atoms with Crippen LogP contribution in [0.15, 0.2) is 0 Å². The fourth-order valence-corrected chi connectivity index (χ4v) is 2.43. The largest absolute Gasteiger partial charge is 0.383 e. The van der Waals surface area contributed by atoms with Crippen molar-refractivity contribution in [2.24, 2.45) is 17.6 Å². The average Bonchev–Trinajstić information content (AvgIpc) is 2.46. The first-order valence-corrected chi connectivity index (χ1v) is 7.28. The SMILES string of the molecule is COCCNC(=O)C1CCC(C)N(C(=O)C(C)CN)C1.Cl. The molecule has 6 nitrogen and oxygen atoms in total. The second kappa shape index (κ2) is 9.97. The van der Waals surface area contributed by atoms with Gasteiger partial charge in [-0.3, -0.25) is 9.59 Å². The maximum absolute atomic E-state index is 12.3. The van der Waals surface area contributed by atoms with E-state index in [1.165, 1.54) is 0 Å². The maximum Gasteiger partial charge on any atom is 0.226 e. The van der Waals surface area contributed by atoms with Crippen LogP contribution in [-0.2, 0) is 14.3 Å². The third-order valence-electron chi connectivity index (χ3n) is 3.92. The van der Waals surface area contributed by atoms with Crippen molar-refractivity contribution in [3.8, 4) is 0 Å². The number of likely N-dealkylation sites (tertiary alicyclic amines) is 1. The molecule has 7 heteroatoms. The zero-order valence-corrected chi connectivity index (χ0v) is 13.9. The molecule has 3 atom stereocenters. The Bertz CT molecular complexity index is 341. The van der Waals surface area contributed by atoms with Crippen LogP contribution in [0, 0.1) is 11.8 Å². The van der Waals surface area contributed by atoms with E-state index in [0.29, 0.717) is 26.2 Å². The van der Waals surface area contributed by atoms with Gasteiger partial charge in [-0.05, 0) is 19.8 Å². The second-order valence-corrected chi connectivity index (χ2v) is 5.53. The third kappa shape index (κ3) is 5.80. The summed E-state index contributed by atoms with van der Waals surface area (Å²) in [5, 5.41) is 2.84. The molecule has 0 bridgehead atoms. The molecule has 3 N–H and O–H groups in total. The van der Waals surface area contributed by atoms with E-state index in [1.807, 2.05) is 18.7 Å². The van der Waals surface area contributed by atoms with Crippen molar-refractivity contribution in [1.29, 1.82) is 0 Å². The lowest BCUT2D eigenvalue weighted by atomic mass is 9.91. The summed E-state index contributed by atoms with van der Waals surface area (Å²) in [6.07, 6.45) is 1.67. The minimum absolute atomic E-state index is 0. The molecule has 0 saturated carbocycles. The number of methoxy groups -OCH3 is 1. The van der Waals surface area contributed by atoms with E-state index in [9.17, 15) is 9.59 Å². The Morgan fingerprint density at radius 3 is 2.67 bits per heavy atom. The fourth-order valence-electron chi connectivity index (χ4n) is 2.43. The first kappa shape index (κ1) is 20.1. The summed E-state index contributed by atoms with van der Waals surface area (Å²) in [6.45, 7) is 5.70. The van der Waals surface area contributed by atoms with Crippen molar-refractivity contribution < 1.29 is 14.3 Å². The van der Waals surface area contributed by atoms with E-state index < -0.39 is 0 Å². The van der Waals surface area contributed by atoms with Crippen LogP contribution in [0.2, 0.25) is 0 Å². The molecule has 1 aliphatic heterocycles. The van der Waals surface area contributed by atoms with Gasteiger partial charge < -0.3 is 20.7 Å². The number of nitrogens with one attached hydrogen (secondary N) is 1. The molecule has 1 rings (SSSR count). The molecule has 0 radical (unpaired) electrons. The van der Waals surface area contributed by atoms with E-state index in [2.05, 4.69) is 5.32 Å². The van der Waals surface area contributed by atoms with Gasteiger partial charge in [0.15, 0.2) is 0 Å². The number of halogens is 1. The van der Waals surface area contributed by atoms with Gasteiger partial charge in [-0.2, -0.15) is 0 Å². The summed E-state index contributed by atoms with van der Waals surface area (Å²) in [5.41, 5.74) is 5.56. The number of rotatable bonds is 6. The van der Waals surface area contributed by atoms with Crippen LogP contribution >= 0.6 is 12.4 Å². The fraction of sp³-hybridized carbons (Fsp3) is 0.857. The van der Waals surface area contributed by atoms with Gasteiger partial charge in [0.2, 0.25) is 11.8 Å². The molecular weight excluding hydrogens is 294 g/mol. The normalized spacial score (nSPS) is 23.1. The van der Waals surface area contributed by atoms with Crippen molar-refractivity contribution in [3.63, 3.8) is 0 Å². The highest BCUT2D eigenvalue weighted by atomic mass is 35.5. The van der Waals surface area contributed by atoms with E-state index in [0.717, 1.165) is 12.8 Å². The van der Waals surface area contributed by atoms with Gasteiger partial charge in [0.25, 0.3) is 0 Å². The summed E-state index contributed by atoms with van der Waals surface area (Å²) < 4.78 is 4.91. The number of hydrogen-bond donors (Lipinski definition) is 2. The van der Waals surface area contributed by atoms with Crippen molar-refractivity contribution in [1.82, 2.24) is 10.2 Å². The van der Waals surface area contributed by atoms with Crippen LogP contribution in [0.4, 0.5) is 0 Å². The predicted octanol–water partition coefficient (Wildman–Crippen LogP) is 0.393. The molecule has 124 valence electrons. The molecule has 21 heavy (non-hydrogen) atoms. The van der Waals surface area contributed by atoms with Gasteiger partial charge >= 0.3 is 0 Å². The summed E-state index contributed by atoms with van der Waals surface area (Å²) in [6, 6.07) is 0.180. The summed E-state index contributed by atoms with van der Waals surface area (Å²) in [5.74, 6) is -0.258. The Balaban J connectivity index is 0.00000400. The number of carbonyl (C=O) groups is 2. The number of amides is 2. The zero-order chi connectivity index (χ0) is 15.1. The summed E-state index contributed by atoms with van der Waals surface area (Å²) in [4.78, 5) is 26.1. The van der Waals surface area contributed by atoms with Crippen LogP contribution in [0.1, 0.15) is 26.7 Å². The summed E-state index contributed by atoms with van der Waals surface area (Å²) >= 11 is 0. The average molecular weight is 322 g/mol. The first-order chi connectivity index (χ1) is 9.51. The van der Waals surface area contributed by atoms with Crippen LogP contribution in [0.25, 0.3) is 0 Å². The van der Waals surface area contributed by atoms with Gasteiger partial charge in [0.1, 0.15) is 0 Å². The maximum atomic E-state index is 12.3. The number of ether oxygens (including phenoxy) is 1. The van der Waals surface area contributed by atoms with Crippen LogP contribution < -0.4 is 11.1 Å².